The lowest BCUT2D eigenvalue weighted by Gasteiger charge is -2.26. The molecule has 0 bridgehead atoms. The van der Waals surface area contributed by atoms with Gasteiger partial charge in [-0.15, -0.1) is 0 Å². The fraction of sp³-hybridized carbons (Fsp3) is 0.529. The molecule has 0 heterocycles. The Hall–Kier alpha value is -1.07. The summed E-state index contributed by atoms with van der Waals surface area (Å²) >= 11 is 6.47. The Balaban J connectivity index is 3.34. The molecule has 0 spiro atoms. The summed E-state index contributed by atoms with van der Waals surface area (Å²) in [7, 11) is 0. The van der Waals surface area contributed by atoms with Crippen LogP contribution in [0.2, 0.25) is 0 Å². The molecule has 0 atom stereocenters. The molecule has 0 radical (unpaired) electrons. The zero-order valence-electron chi connectivity index (χ0n) is 14.4. The van der Waals surface area contributed by atoms with Crippen LogP contribution in [0.15, 0.2) is 17.2 Å². The van der Waals surface area contributed by atoms with E-state index in [1.165, 1.54) is 17.3 Å². The lowest BCUT2D eigenvalue weighted by atomic mass is 9.79. The van der Waals surface area contributed by atoms with Crippen molar-refractivity contribution in [2.45, 2.75) is 52.4 Å². The van der Waals surface area contributed by atoms with Crippen LogP contribution in [0.1, 0.15) is 58.2 Å². The fourth-order valence-corrected chi connectivity index (χ4v) is 2.16. The smallest absolute Gasteiger partial charge is 0.153 e. The summed E-state index contributed by atoms with van der Waals surface area (Å²) in [6.07, 6.45) is 3.52. The molecular weight excluding hydrogens is 312 g/mol. The molecule has 0 saturated carbocycles. The number of aromatic hydroxyl groups is 1. The minimum atomic E-state index is -0.143. The van der Waals surface area contributed by atoms with E-state index < -0.39 is 0 Å². The van der Waals surface area contributed by atoms with E-state index in [-0.39, 0.29) is 16.6 Å². The lowest BCUT2D eigenvalue weighted by Crippen LogP contribution is -2.18. The zero-order chi connectivity index (χ0) is 17.1. The molecular formula is C17H26N2OS2. The second-order valence-corrected chi connectivity index (χ2v) is 8.81. The first kappa shape index (κ1) is 19.0. The molecule has 3 nitrogen and oxygen atoms in total. The number of nitrogens with zero attached hydrogens (tertiary/aromatic N) is 1. The quantitative estimate of drug-likeness (QED) is 0.471. The highest BCUT2D eigenvalue weighted by Crippen LogP contribution is 2.36. The van der Waals surface area contributed by atoms with Crippen molar-refractivity contribution in [1.82, 2.24) is 5.43 Å². The monoisotopic (exact) mass is 338 g/mol. The first-order valence-electron chi connectivity index (χ1n) is 7.22. The normalized spacial score (nSPS) is 12.7. The highest BCUT2D eigenvalue weighted by atomic mass is 32.2. The van der Waals surface area contributed by atoms with Crippen LogP contribution in [0.25, 0.3) is 0 Å². The van der Waals surface area contributed by atoms with Gasteiger partial charge in [0.05, 0.1) is 6.21 Å². The van der Waals surface area contributed by atoms with E-state index in [0.29, 0.717) is 9.88 Å². The molecule has 1 aromatic rings. The molecule has 1 rings (SSSR count). The number of benzene rings is 1. The third-order valence-corrected chi connectivity index (χ3v) is 4.41. The number of nitrogens with one attached hydrogen (secondary N) is 1. The first-order chi connectivity index (χ1) is 9.96. The van der Waals surface area contributed by atoms with Crippen LogP contribution in [-0.2, 0) is 10.8 Å². The molecule has 2 N–H and O–H groups in total. The van der Waals surface area contributed by atoms with E-state index in [1.807, 2.05) is 12.3 Å². The van der Waals surface area contributed by atoms with Gasteiger partial charge in [0.25, 0.3) is 0 Å². The van der Waals surface area contributed by atoms with Gasteiger partial charge in [-0.2, -0.15) is 5.10 Å². The standard InChI is InChI=1S/C17H26N2OS2/c1-16(2,3)12-8-11(10-18-19-15(21)22-7)14(20)13(9-12)17(4,5)6/h8-10,20H,1-7H3,(H,19,21)/b18-10+. The molecule has 0 unspecified atom stereocenters. The summed E-state index contributed by atoms with van der Waals surface area (Å²) in [5.41, 5.74) is 5.43. The Morgan fingerprint density at radius 1 is 1.18 bits per heavy atom. The number of thiocarbonyl (C=S) groups is 1. The molecule has 0 fully saturated rings. The molecule has 0 aliphatic carbocycles. The van der Waals surface area contributed by atoms with Gasteiger partial charge in [0.1, 0.15) is 5.75 Å². The van der Waals surface area contributed by atoms with Gasteiger partial charge in [0.2, 0.25) is 0 Å². The third-order valence-electron chi connectivity index (χ3n) is 3.36. The second-order valence-electron chi connectivity index (χ2n) is 7.32. The minimum absolute atomic E-state index is 0.00170. The number of rotatable bonds is 2. The average Bonchev–Trinajstić information content (AvgIpc) is 2.37. The molecule has 0 aromatic heterocycles. The summed E-state index contributed by atoms with van der Waals surface area (Å²) in [6.45, 7) is 12.8. The van der Waals surface area contributed by atoms with Crippen molar-refractivity contribution in [3.05, 3.63) is 28.8 Å². The van der Waals surface area contributed by atoms with Crippen LogP contribution in [0.5, 0.6) is 5.75 Å². The van der Waals surface area contributed by atoms with E-state index in [9.17, 15) is 5.11 Å². The van der Waals surface area contributed by atoms with Crippen molar-refractivity contribution in [3.63, 3.8) is 0 Å². The van der Waals surface area contributed by atoms with Crippen molar-refractivity contribution in [1.29, 1.82) is 0 Å². The van der Waals surface area contributed by atoms with Gasteiger partial charge >= 0.3 is 0 Å². The Morgan fingerprint density at radius 2 is 1.77 bits per heavy atom. The van der Waals surface area contributed by atoms with Crippen molar-refractivity contribution in [3.8, 4) is 5.75 Å². The largest absolute Gasteiger partial charge is 0.507 e. The van der Waals surface area contributed by atoms with Gasteiger partial charge in [-0.1, -0.05) is 71.6 Å². The zero-order valence-corrected chi connectivity index (χ0v) is 16.1. The van der Waals surface area contributed by atoms with Crippen LogP contribution >= 0.6 is 24.0 Å². The molecule has 0 aliphatic rings. The average molecular weight is 339 g/mol. The van der Waals surface area contributed by atoms with Crippen LogP contribution in [0.4, 0.5) is 0 Å². The van der Waals surface area contributed by atoms with Gasteiger partial charge in [-0.3, -0.25) is 5.43 Å². The molecule has 0 aliphatic heterocycles. The SMILES string of the molecule is CSC(=S)N/N=C/c1cc(C(C)(C)C)cc(C(C)(C)C)c1O. The number of hydrogen-bond donors (Lipinski definition) is 2. The Labute approximate surface area is 143 Å². The van der Waals surface area contributed by atoms with Gasteiger partial charge in [0, 0.05) is 11.1 Å². The summed E-state index contributed by atoms with van der Waals surface area (Å²) in [4.78, 5) is 0. The first-order valence-corrected chi connectivity index (χ1v) is 8.85. The predicted molar refractivity (Wildman–Crippen MR) is 102 cm³/mol. The minimum Gasteiger partial charge on any atom is -0.507 e. The highest BCUT2D eigenvalue weighted by Gasteiger charge is 2.24. The lowest BCUT2D eigenvalue weighted by molar-refractivity contribution is 0.444. The summed E-state index contributed by atoms with van der Waals surface area (Å²) in [5.74, 6) is 0.279. The molecule has 5 heteroatoms. The number of hydrogen-bond acceptors (Lipinski definition) is 4. The van der Waals surface area contributed by atoms with Crippen molar-refractivity contribution < 1.29 is 5.11 Å². The van der Waals surface area contributed by atoms with E-state index in [2.05, 4.69) is 58.1 Å². The van der Waals surface area contributed by atoms with Crippen LogP contribution in [-0.4, -0.2) is 21.9 Å². The molecule has 22 heavy (non-hydrogen) atoms. The van der Waals surface area contributed by atoms with Gasteiger partial charge < -0.3 is 5.11 Å². The highest BCUT2D eigenvalue weighted by molar-refractivity contribution is 8.22. The number of thioether (sulfide) groups is 1. The van der Waals surface area contributed by atoms with E-state index in [1.54, 1.807) is 6.21 Å². The van der Waals surface area contributed by atoms with Gasteiger partial charge in [-0.25, -0.2) is 0 Å². The van der Waals surface area contributed by atoms with Crippen LogP contribution in [0.3, 0.4) is 0 Å². The number of hydrazone groups is 1. The number of phenolic OH excluding ortho intramolecular Hbond substituents is 1. The number of phenols is 1. The summed E-state index contributed by atoms with van der Waals surface area (Å²) in [6, 6.07) is 4.07. The molecule has 122 valence electrons. The maximum atomic E-state index is 10.6. The topological polar surface area (TPSA) is 44.6 Å². The van der Waals surface area contributed by atoms with Crippen molar-refractivity contribution in [2.24, 2.45) is 5.10 Å². The Morgan fingerprint density at radius 3 is 2.23 bits per heavy atom. The molecule has 0 amide bonds. The Bertz CT molecular complexity index is 582. The maximum Gasteiger partial charge on any atom is 0.153 e. The summed E-state index contributed by atoms with van der Waals surface area (Å²) in [5, 5.41) is 14.7. The molecule has 1 aromatic carbocycles. The van der Waals surface area contributed by atoms with Crippen molar-refractivity contribution in [2.75, 3.05) is 6.26 Å². The summed E-state index contributed by atoms with van der Waals surface area (Å²) < 4.78 is 0.596. The molecule has 0 saturated heterocycles. The van der Waals surface area contributed by atoms with Gasteiger partial charge in [0.15, 0.2) is 4.32 Å². The Kier molecular flexibility index (Phi) is 6.04. The third kappa shape index (κ3) is 4.99. The fourth-order valence-electron chi connectivity index (χ4n) is 1.96. The maximum absolute atomic E-state index is 10.6. The second kappa shape index (κ2) is 7.01. The van der Waals surface area contributed by atoms with Crippen molar-refractivity contribution >= 4 is 34.5 Å². The van der Waals surface area contributed by atoms with E-state index in [0.717, 1.165) is 5.56 Å². The van der Waals surface area contributed by atoms with Crippen LogP contribution < -0.4 is 5.43 Å². The van der Waals surface area contributed by atoms with Crippen LogP contribution in [0, 0.1) is 0 Å². The van der Waals surface area contributed by atoms with E-state index in [4.69, 9.17) is 12.2 Å². The van der Waals surface area contributed by atoms with Gasteiger partial charge in [-0.05, 0) is 28.7 Å². The predicted octanol–water partition coefficient (Wildman–Crippen LogP) is 4.56. The van der Waals surface area contributed by atoms with E-state index >= 15 is 0 Å².